The molecule has 0 atom stereocenters. The molecule has 25 heavy (non-hydrogen) atoms. The predicted octanol–water partition coefficient (Wildman–Crippen LogP) is 2.51. The van der Waals surface area contributed by atoms with Gasteiger partial charge in [0.2, 0.25) is 0 Å². The summed E-state index contributed by atoms with van der Waals surface area (Å²) in [5.74, 6) is 0.246. The molecule has 0 bridgehead atoms. The van der Waals surface area contributed by atoms with Crippen LogP contribution in [0, 0.1) is 15.9 Å². The number of hydrogen-bond donors (Lipinski definition) is 3. The van der Waals surface area contributed by atoms with Crippen molar-refractivity contribution in [3.8, 4) is 0 Å². The van der Waals surface area contributed by atoms with Gasteiger partial charge in [0.15, 0.2) is 5.96 Å². The highest BCUT2D eigenvalue weighted by Crippen LogP contribution is 2.22. The number of benzene rings is 2. The van der Waals surface area contributed by atoms with Crippen LogP contribution in [0.1, 0.15) is 5.56 Å². The molecule has 0 aliphatic rings. The van der Waals surface area contributed by atoms with E-state index >= 15 is 0 Å². The minimum Gasteiger partial charge on any atom is -0.378 e. The lowest BCUT2D eigenvalue weighted by atomic mass is 10.2. The number of hydrogen-bond acceptors (Lipinski definition) is 4. The van der Waals surface area contributed by atoms with Crippen LogP contribution in [-0.2, 0) is 6.54 Å². The highest BCUT2D eigenvalue weighted by Gasteiger charge is 2.11. The maximum atomic E-state index is 13.6. The Morgan fingerprint density at radius 2 is 1.84 bits per heavy atom. The summed E-state index contributed by atoms with van der Waals surface area (Å²) >= 11 is 0. The standard InChI is InChI=1S/C17H20FN5O2/c1-19-17(22-12-13-6-2-3-7-14(13)18)21-11-10-20-15-8-4-5-9-16(15)23(24)25/h2-9,20H,10-12H2,1H3,(H2,19,21,22). The molecule has 0 amide bonds. The second-order valence-corrected chi connectivity index (χ2v) is 5.14. The molecule has 0 saturated heterocycles. The van der Waals surface area contributed by atoms with Gasteiger partial charge in [0, 0.05) is 38.3 Å². The van der Waals surface area contributed by atoms with Gasteiger partial charge in [-0.15, -0.1) is 0 Å². The molecule has 7 nitrogen and oxygen atoms in total. The van der Waals surface area contributed by atoms with Crippen LogP contribution in [0.2, 0.25) is 0 Å². The topological polar surface area (TPSA) is 91.6 Å². The number of para-hydroxylation sites is 2. The first kappa shape index (κ1) is 18.2. The van der Waals surface area contributed by atoms with Crippen molar-refractivity contribution in [2.75, 3.05) is 25.5 Å². The summed E-state index contributed by atoms with van der Waals surface area (Å²) < 4.78 is 13.6. The van der Waals surface area contributed by atoms with Gasteiger partial charge in [0.1, 0.15) is 11.5 Å². The van der Waals surface area contributed by atoms with Crippen LogP contribution in [0.4, 0.5) is 15.8 Å². The van der Waals surface area contributed by atoms with Crippen LogP contribution < -0.4 is 16.0 Å². The van der Waals surface area contributed by atoms with Crippen molar-refractivity contribution in [1.82, 2.24) is 10.6 Å². The van der Waals surface area contributed by atoms with E-state index in [0.717, 1.165) is 0 Å². The summed E-state index contributed by atoms with van der Waals surface area (Å²) in [5, 5.41) is 20.0. The minimum absolute atomic E-state index is 0.0320. The first-order chi connectivity index (χ1) is 12.1. The van der Waals surface area contributed by atoms with Crippen molar-refractivity contribution in [2.24, 2.45) is 4.99 Å². The molecule has 0 saturated carbocycles. The van der Waals surface area contributed by atoms with Gasteiger partial charge in [-0.3, -0.25) is 15.1 Å². The van der Waals surface area contributed by atoms with Gasteiger partial charge in [0.05, 0.1) is 4.92 Å². The van der Waals surface area contributed by atoms with Gasteiger partial charge in [0.25, 0.3) is 5.69 Å². The van der Waals surface area contributed by atoms with Crippen molar-refractivity contribution in [2.45, 2.75) is 6.54 Å². The van der Waals surface area contributed by atoms with Crippen molar-refractivity contribution in [3.63, 3.8) is 0 Å². The largest absolute Gasteiger partial charge is 0.378 e. The second-order valence-electron chi connectivity index (χ2n) is 5.14. The van der Waals surface area contributed by atoms with Crippen molar-refractivity contribution in [3.05, 3.63) is 70.0 Å². The van der Waals surface area contributed by atoms with E-state index in [1.54, 1.807) is 43.4 Å². The number of aliphatic imine (C=N–C) groups is 1. The molecule has 3 N–H and O–H groups in total. The van der Waals surface area contributed by atoms with E-state index in [0.29, 0.717) is 36.8 Å². The number of anilines is 1. The Balaban J connectivity index is 1.78. The highest BCUT2D eigenvalue weighted by molar-refractivity contribution is 5.79. The molecule has 0 aliphatic carbocycles. The van der Waals surface area contributed by atoms with E-state index in [1.165, 1.54) is 12.1 Å². The molecule has 2 aromatic carbocycles. The third-order valence-electron chi connectivity index (χ3n) is 3.46. The monoisotopic (exact) mass is 345 g/mol. The first-order valence-corrected chi connectivity index (χ1v) is 7.77. The zero-order chi connectivity index (χ0) is 18.1. The molecule has 0 unspecified atom stereocenters. The molecule has 0 spiro atoms. The fourth-order valence-electron chi connectivity index (χ4n) is 2.20. The zero-order valence-electron chi connectivity index (χ0n) is 13.8. The number of nitrogens with one attached hydrogen (secondary N) is 3. The smallest absolute Gasteiger partial charge is 0.292 e. The summed E-state index contributed by atoms with van der Waals surface area (Å²) in [6.07, 6.45) is 0. The molecular weight excluding hydrogens is 325 g/mol. The third kappa shape index (κ3) is 5.45. The molecule has 0 aliphatic heterocycles. The fourth-order valence-corrected chi connectivity index (χ4v) is 2.20. The lowest BCUT2D eigenvalue weighted by molar-refractivity contribution is -0.384. The number of nitrogens with zero attached hydrogens (tertiary/aromatic N) is 2. The molecule has 0 heterocycles. The van der Waals surface area contributed by atoms with Gasteiger partial charge in [-0.1, -0.05) is 30.3 Å². The lowest BCUT2D eigenvalue weighted by Crippen LogP contribution is -2.39. The lowest BCUT2D eigenvalue weighted by Gasteiger charge is -2.13. The first-order valence-electron chi connectivity index (χ1n) is 7.77. The molecule has 8 heteroatoms. The number of rotatable bonds is 7. The summed E-state index contributed by atoms with van der Waals surface area (Å²) in [4.78, 5) is 14.6. The molecule has 132 valence electrons. The van der Waals surface area contributed by atoms with Crippen molar-refractivity contribution in [1.29, 1.82) is 0 Å². The van der Waals surface area contributed by atoms with E-state index < -0.39 is 4.92 Å². The Bertz CT molecular complexity index is 751. The Labute approximate surface area is 145 Å². The van der Waals surface area contributed by atoms with Crippen LogP contribution in [0.5, 0.6) is 0 Å². The Kier molecular flexibility index (Phi) is 6.70. The Hall–Kier alpha value is -3.16. The highest BCUT2D eigenvalue weighted by atomic mass is 19.1. The third-order valence-corrected chi connectivity index (χ3v) is 3.46. The molecule has 0 radical (unpaired) electrons. The number of nitro groups is 1. The maximum Gasteiger partial charge on any atom is 0.292 e. The summed E-state index contributed by atoms with van der Waals surface area (Å²) in [5.41, 5.74) is 1.04. The van der Waals surface area contributed by atoms with Gasteiger partial charge >= 0.3 is 0 Å². The van der Waals surface area contributed by atoms with Gasteiger partial charge in [-0.25, -0.2) is 4.39 Å². The van der Waals surface area contributed by atoms with Gasteiger partial charge < -0.3 is 16.0 Å². The van der Waals surface area contributed by atoms with Crippen LogP contribution in [-0.4, -0.2) is 31.0 Å². The summed E-state index contributed by atoms with van der Waals surface area (Å²) in [6.45, 7) is 1.26. The summed E-state index contributed by atoms with van der Waals surface area (Å²) in [6, 6.07) is 13.0. The summed E-state index contributed by atoms with van der Waals surface area (Å²) in [7, 11) is 1.62. The zero-order valence-corrected chi connectivity index (χ0v) is 13.8. The quantitative estimate of drug-likeness (QED) is 0.236. The Morgan fingerprint density at radius 1 is 1.12 bits per heavy atom. The van der Waals surface area contributed by atoms with Gasteiger partial charge in [-0.2, -0.15) is 0 Å². The molecule has 2 rings (SSSR count). The predicted molar refractivity (Wildman–Crippen MR) is 96.2 cm³/mol. The van der Waals surface area contributed by atoms with Crippen LogP contribution in [0.15, 0.2) is 53.5 Å². The minimum atomic E-state index is -0.426. The SMILES string of the molecule is CN=C(NCCNc1ccccc1[N+](=O)[O-])NCc1ccccc1F. The van der Waals surface area contributed by atoms with Crippen molar-refractivity contribution >= 4 is 17.3 Å². The van der Waals surface area contributed by atoms with Crippen LogP contribution in [0.25, 0.3) is 0 Å². The van der Waals surface area contributed by atoms with Crippen molar-refractivity contribution < 1.29 is 9.31 Å². The number of nitro benzene ring substituents is 1. The van der Waals surface area contributed by atoms with E-state index in [9.17, 15) is 14.5 Å². The van der Waals surface area contributed by atoms with E-state index in [4.69, 9.17) is 0 Å². The second kappa shape index (κ2) is 9.21. The van der Waals surface area contributed by atoms with E-state index in [2.05, 4.69) is 20.9 Å². The average molecular weight is 345 g/mol. The fraction of sp³-hybridized carbons (Fsp3) is 0.235. The molecular formula is C17H20FN5O2. The van der Waals surface area contributed by atoms with Crippen LogP contribution in [0.3, 0.4) is 0 Å². The van der Waals surface area contributed by atoms with E-state index in [1.807, 2.05) is 0 Å². The van der Waals surface area contributed by atoms with E-state index in [-0.39, 0.29) is 11.5 Å². The van der Waals surface area contributed by atoms with Gasteiger partial charge in [-0.05, 0) is 12.1 Å². The number of guanidine groups is 1. The maximum absolute atomic E-state index is 13.6. The number of halogens is 1. The molecule has 2 aromatic rings. The average Bonchev–Trinajstić information content (AvgIpc) is 2.62. The molecule has 0 aromatic heterocycles. The Morgan fingerprint density at radius 3 is 2.56 bits per heavy atom. The molecule has 0 fully saturated rings. The normalized spacial score (nSPS) is 11.0. The van der Waals surface area contributed by atoms with Crippen LogP contribution >= 0.6 is 0 Å².